The van der Waals surface area contributed by atoms with E-state index in [1.54, 1.807) is 6.92 Å². The summed E-state index contributed by atoms with van der Waals surface area (Å²) in [5.74, 6) is 0.675. The predicted molar refractivity (Wildman–Crippen MR) is 97.9 cm³/mol. The van der Waals surface area contributed by atoms with Gasteiger partial charge >= 0.3 is 0 Å². The number of benzene rings is 1. The molecule has 3 rings (SSSR count). The molecule has 0 saturated carbocycles. The third-order valence-electron chi connectivity index (χ3n) is 4.82. The number of hydrogen-bond acceptors (Lipinski definition) is 3. The van der Waals surface area contributed by atoms with Gasteiger partial charge in [-0.25, -0.2) is 0 Å². The monoisotopic (exact) mass is 341 g/mol. The number of hydrogen-bond donors (Lipinski definition) is 2. The van der Waals surface area contributed by atoms with Crippen LogP contribution < -0.4 is 10.1 Å². The molecule has 0 radical (unpaired) electrons. The Morgan fingerprint density at radius 2 is 2.12 bits per heavy atom. The number of fused-ring (bicyclic) bond motifs is 1. The summed E-state index contributed by atoms with van der Waals surface area (Å²) < 4.78 is 5.83. The lowest BCUT2D eigenvalue weighted by molar-refractivity contribution is -0.127. The van der Waals surface area contributed by atoms with Gasteiger partial charge < -0.3 is 10.1 Å². The molecule has 1 aromatic heterocycles. The molecule has 1 heterocycles. The molecule has 1 amide bonds. The van der Waals surface area contributed by atoms with Crippen LogP contribution in [0, 0.1) is 13.8 Å². The molecule has 1 aliphatic carbocycles. The highest BCUT2D eigenvalue weighted by Gasteiger charge is 2.18. The van der Waals surface area contributed by atoms with Gasteiger partial charge in [0, 0.05) is 18.7 Å². The molecule has 1 aliphatic rings. The van der Waals surface area contributed by atoms with Crippen LogP contribution in [-0.2, 0) is 24.1 Å². The summed E-state index contributed by atoms with van der Waals surface area (Å²) in [6.07, 6.45) is 4.89. The molecule has 0 saturated heterocycles. The number of aryl methyl sites for hydroxylation is 3. The molecule has 1 aromatic carbocycles. The van der Waals surface area contributed by atoms with Crippen molar-refractivity contribution in [2.75, 3.05) is 6.54 Å². The number of carbonyl (C=O) groups excluding carboxylic acids is 1. The maximum absolute atomic E-state index is 12.3. The first-order valence-electron chi connectivity index (χ1n) is 9.11. The zero-order chi connectivity index (χ0) is 17.8. The average molecular weight is 341 g/mol. The Kier molecular flexibility index (Phi) is 5.41. The number of nitrogens with zero attached hydrogens (tertiary/aromatic N) is 1. The minimum atomic E-state index is -0.520. The molecule has 25 heavy (non-hydrogen) atoms. The second kappa shape index (κ2) is 7.72. The van der Waals surface area contributed by atoms with Crippen LogP contribution in [0.1, 0.15) is 47.8 Å². The summed E-state index contributed by atoms with van der Waals surface area (Å²) in [6, 6.07) is 6.02. The normalized spacial score (nSPS) is 14.7. The van der Waals surface area contributed by atoms with Gasteiger partial charge in [0.2, 0.25) is 0 Å². The van der Waals surface area contributed by atoms with Gasteiger partial charge in [-0.15, -0.1) is 0 Å². The van der Waals surface area contributed by atoms with E-state index in [1.165, 1.54) is 24.1 Å². The van der Waals surface area contributed by atoms with Gasteiger partial charge in [0.15, 0.2) is 6.10 Å². The second-order valence-electron chi connectivity index (χ2n) is 6.90. The van der Waals surface area contributed by atoms with Crippen molar-refractivity contribution in [1.82, 2.24) is 15.5 Å². The predicted octanol–water partition coefficient (Wildman–Crippen LogP) is 3.03. The number of aromatic nitrogens is 2. The number of nitrogens with one attached hydrogen (secondary N) is 2. The minimum Gasteiger partial charge on any atom is -0.481 e. The Balaban J connectivity index is 1.50. The van der Waals surface area contributed by atoms with Crippen LogP contribution in [0.5, 0.6) is 5.75 Å². The topological polar surface area (TPSA) is 67.0 Å². The van der Waals surface area contributed by atoms with E-state index in [0.29, 0.717) is 6.54 Å². The first kappa shape index (κ1) is 17.5. The fourth-order valence-corrected chi connectivity index (χ4v) is 3.28. The molecule has 0 fully saturated rings. The smallest absolute Gasteiger partial charge is 0.260 e. The van der Waals surface area contributed by atoms with E-state index in [1.807, 2.05) is 32.0 Å². The summed E-state index contributed by atoms with van der Waals surface area (Å²) in [5.41, 5.74) is 5.89. The summed E-state index contributed by atoms with van der Waals surface area (Å²) in [6.45, 7) is 6.37. The average Bonchev–Trinajstić information content (AvgIpc) is 3.01. The summed E-state index contributed by atoms with van der Waals surface area (Å²) in [7, 11) is 0. The number of rotatable bonds is 6. The van der Waals surface area contributed by atoms with Crippen molar-refractivity contribution in [2.45, 2.75) is 59.0 Å². The Labute approximate surface area is 149 Å². The van der Waals surface area contributed by atoms with Crippen LogP contribution >= 0.6 is 0 Å². The van der Waals surface area contributed by atoms with Gasteiger partial charge in [0.05, 0.1) is 5.69 Å². The largest absolute Gasteiger partial charge is 0.481 e. The van der Waals surface area contributed by atoms with Gasteiger partial charge in [-0.3, -0.25) is 9.89 Å². The van der Waals surface area contributed by atoms with Gasteiger partial charge in [-0.05, 0) is 69.2 Å². The van der Waals surface area contributed by atoms with Crippen molar-refractivity contribution < 1.29 is 9.53 Å². The van der Waals surface area contributed by atoms with Crippen molar-refractivity contribution in [3.8, 4) is 5.75 Å². The fourth-order valence-electron chi connectivity index (χ4n) is 3.28. The molecule has 134 valence electrons. The highest BCUT2D eigenvalue weighted by Crippen LogP contribution is 2.22. The SMILES string of the molecule is Cc1ccc(C)c(O[C@H](C)C(=O)NCCc2n[nH]c3c2CCCC3)c1. The van der Waals surface area contributed by atoms with E-state index in [0.717, 1.165) is 41.8 Å². The summed E-state index contributed by atoms with van der Waals surface area (Å²) in [4.78, 5) is 12.3. The number of aromatic amines is 1. The third-order valence-corrected chi connectivity index (χ3v) is 4.82. The number of amides is 1. The lowest BCUT2D eigenvalue weighted by Gasteiger charge is -2.17. The molecule has 0 bridgehead atoms. The highest BCUT2D eigenvalue weighted by atomic mass is 16.5. The number of carbonyl (C=O) groups is 1. The zero-order valence-corrected chi connectivity index (χ0v) is 15.3. The van der Waals surface area contributed by atoms with Crippen LogP contribution in [0.3, 0.4) is 0 Å². The summed E-state index contributed by atoms with van der Waals surface area (Å²) in [5, 5.41) is 10.5. The van der Waals surface area contributed by atoms with Gasteiger partial charge in [0.1, 0.15) is 5.75 Å². The van der Waals surface area contributed by atoms with Crippen LogP contribution in [0.25, 0.3) is 0 Å². The number of ether oxygens (including phenoxy) is 1. The first-order valence-corrected chi connectivity index (χ1v) is 9.11. The third kappa shape index (κ3) is 4.21. The molecular weight excluding hydrogens is 314 g/mol. The fraction of sp³-hybridized carbons (Fsp3) is 0.500. The Morgan fingerprint density at radius 1 is 1.32 bits per heavy atom. The van der Waals surface area contributed by atoms with Crippen molar-refractivity contribution in [1.29, 1.82) is 0 Å². The van der Waals surface area contributed by atoms with Crippen molar-refractivity contribution in [3.63, 3.8) is 0 Å². The van der Waals surface area contributed by atoms with Gasteiger partial charge in [-0.2, -0.15) is 5.10 Å². The molecule has 0 aliphatic heterocycles. The zero-order valence-electron chi connectivity index (χ0n) is 15.3. The Morgan fingerprint density at radius 3 is 2.96 bits per heavy atom. The first-order chi connectivity index (χ1) is 12.0. The van der Waals surface area contributed by atoms with E-state index in [9.17, 15) is 4.79 Å². The quantitative estimate of drug-likeness (QED) is 0.849. The Bertz CT molecular complexity index is 751. The molecule has 5 nitrogen and oxygen atoms in total. The van der Waals surface area contributed by atoms with Crippen molar-refractivity contribution in [2.24, 2.45) is 0 Å². The molecule has 1 atom stereocenters. The van der Waals surface area contributed by atoms with Crippen LogP contribution in [0.4, 0.5) is 0 Å². The van der Waals surface area contributed by atoms with E-state index in [4.69, 9.17) is 4.74 Å². The van der Waals surface area contributed by atoms with Gasteiger partial charge in [0.25, 0.3) is 5.91 Å². The Hall–Kier alpha value is -2.30. The second-order valence-corrected chi connectivity index (χ2v) is 6.90. The van der Waals surface area contributed by atoms with E-state index >= 15 is 0 Å². The molecule has 2 N–H and O–H groups in total. The maximum Gasteiger partial charge on any atom is 0.260 e. The molecule has 0 spiro atoms. The van der Waals surface area contributed by atoms with E-state index in [-0.39, 0.29) is 5.91 Å². The van der Waals surface area contributed by atoms with E-state index in [2.05, 4.69) is 15.5 Å². The van der Waals surface area contributed by atoms with E-state index < -0.39 is 6.10 Å². The van der Waals surface area contributed by atoms with Crippen molar-refractivity contribution >= 4 is 5.91 Å². The minimum absolute atomic E-state index is 0.0923. The standard InChI is InChI=1S/C20H27N3O2/c1-13-8-9-14(2)19(12-13)25-15(3)20(24)21-11-10-18-16-6-4-5-7-17(16)22-23-18/h8-9,12,15H,4-7,10-11H2,1-3H3,(H,21,24)(H,22,23)/t15-/m1/s1. The van der Waals surface area contributed by atoms with Crippen LogP contribution in [0.15, 0.2) is 18.2 Å². The highest BCUT2D eigenvalue weighted by molar-refractivity contribution is 5.80. The van der Waals surface area contributed by atoms with Gasteiger partial charge in [-0.1, -0.05) is 12.1 Å². The molecule has 5 heteroatoms. The molecular formula is C20H27N3O2. The lowest BCUT2D eigenvalue weighted by atomic mass is 9.95. The summed E-state index contributed by atoms with van der Waals surface area (Å²) >= 11 is 0. The molecule has 2 aromatic rings. The number of H-pyrrole nitrogens is 1. The molecule has 0 unspecified atom stereocenters. The van der Waals surface area contributed by atoms with Crippen LogP contribution in [-0.4, -0.2) is 28.8 Å². The van der Waals surface area contributed by atoms with Crippen molar-refractivity contribution in [3.05, 3.63) is 46.3 Å². The van der Waals surface area contributed by atoms with Crippen LogP contribution in [0.2, 0.25) is 0 Å². The lowest BCUT2D eigenvalue weighted by Crippen LogP contribution is -2.37. The maximum atomic E-state index is 12.3.